The highest BCUT2D eigenvalue weighted by Gasteiger charge is 2.35. The number of esters is 2. The highest BCUT2D eigenvalue weighted by atomic mass is 19.4. The lowest BCUT2D eigenvalue weighted by atomic mass is 10.1. The molecule has 1 aromatic carbocycles. The molecule has 0 fully saturated rings. The minimum absolute atomic E-state index is 0.00259. The number of alkyl halides is 3. The van der Waals surface area contributed by atoms with Gasteiger partial charge in [0.1, 0.15) is 5.69 Å². The highest BCUT2D eigenvalue weighted by molar-refractivity contribution is 6.09. The molecule has 1 rings (SSSR count). The zero-order valence-corrected chi connectivity index (χ0v) is 13.0. The van der Waals surface area contributed by atoms with Crippen molar-refractivity contribution in [3.63, 3.8) is 0 Å². The van der Waals surface area contributed by atoms with Crippen LogP contribution >= 0.6 is 0 Å². The van der Waals surface area contributed by atoms with Crippen molar-refractivity contribution < 1.29 is 37.3 Å². The number of benzene rings is 1. The summed E-state index contributed by atoms with van der Waals surface area (Å²) in [7, 11) is 0. The minimum atomic E-state index is -4.77. The number of rotatable bonds is 6. The first kappa shape index (κ1) is 19.5. The Hall–Kier alpha value is -2.58. The second-order valence-corrected chi connectivity index (χ2v) is 4.43. The standard InChI is InChI=1S/C15H16F3NO5/c1-3-23-13(21)9(14(22)24-4-2)8-19-11-7-5-6-10(12(11)20)15(16,17)18/h5-9,20H,3-4H2,1-2H3. The second kappa shape index (κ2) is 8.32. The van der Waals surface area contributed by atoms with Crippen molar-refractivity contribution in [1.29, 1.82) is 0 Å². The minimum Gasteiger partial charge on any atom is -0.505 e. The summed E-state index contributed by atoms with van der Waals surface area (Å²) in [6.45, 7) is 3.04. The third-order valence-electron chi connectivity index (χ3n) is 2.76. The maximum Gasteiger partial charge on any atom is 0.420 e. The van der Waals surface area contributed by atoms with E-state index in [-0.39, 0.29) is 13.2 Å². The third-order valence-corrected chi connectivity index (χ3v) is 2.76. The summed E-state index contributed by atoms with van der Waals surface area (Å²) >= 11 is 0. The van der Waals surface area contributed by atoms with E-state index >= 15 is 0 Å². The van der Waals surface area contributed by atoms with Gasteiger partial charge in [-0.2, -0.15) is 13.2 Å². The van der Waals surface area contributed by atoms with E-state index < -0.39 is 41.0 Å². The molecule has 0 saturated heterocycles. The molecule has 0 unspecified atom stereocenters. The summed E-state index contributed by atoms with van der Waals surface area (Å²) in [4.78, 5) is 27.1. The van der Waals surface area contributed by atoms with Crippen LogP contribution in [0.5, 0.6) is 5.75 Å². The number of phenols is 1. The van der Waals surface area contributed by atoms with Crippen molar-refractivity contribution >= 4 is 23.8 Å². The van der Waals surface area contributed by atoms with Gasteiger partial charge in [-0.25, -0.2) is 0 Å². The average Bonchev–Trinajstić information content (AvgIpc) is 2.48. The van der Waals surface area contributed by atoms with Crippen molar-refractivity contribution in [2.75, 3.05) is 13.2 Å². The van der Waals surface area contributed by atoms with Crippen molar-refractivity contribution in [2.45, 2.75) is 20.0 Å². The largest absolute Gasteiger partial charge is 0.505 e. The molecule has 1 aromatic rings. The van der Waals surface area contributed by atoms with Crippen LogP contribution in [0.2, 0.25) is 0 Å². The number of aromatic hydroxyl groups is 1. The van der Waals surface area contributed by atoms with Gasteiger partial charge in [0.2, 0.25) is 0 Å². The molecule has 24 heavy (non-hydrogen) atoms. The Morgan fingerprint density at radius 1 is 1.21 bits per heavy atom. The van der Waals surface area contributed by atoms with Crippen LogP contribution in [-0.4, -0.2) is 36.5 Å². The molecular formula is C15H16F3NO5. The van der Waals surface area contributed by atoms with Crippen molar-refractivity contribution in [2.24, 2.45) is 10.9 Å². The quantitative estimate of drug-likeness (QED) is 0.486. The molecule has 0 amide bonds. The average molecular weight is 347 g/mol. The van der Waals surface area contributed by atoms with Crippen LogP contribution in [0.4, 0.5) is 18.9 Å². The maximum absolute atomic E-state index is 12.7. The normalized spacial score (nSPS) is 11.8. The summed E-state index contributed by atoms with van der Waals surface area (Å²) in [6.07, 6.45) is -3.98. The van der Waals surface area contributed by atoms with Gasteiger partial charge < -0.3 is 14.6 Å². The number of carbonyl (C=O) groups excluding carboxylic acids is 2. The van der Waals surface area contributed by atoms with Gasteiger partial charge in [-0.05, 0) is 26.0 Å². The zero-order chi connectivity index (χ0) is 18.3. The molecule has 0 aliphatic carbocycles. The van der Waals surface area contributed by atoms with Crippen molar-refractivity contribution in [3.05, 3.63) is 23.8 Å². The Kier molecular flexibility index (Phi) is 6.75. The predicted octanol–water partition coefficient (Wildman–Crippen LogP) is 2.86. The van der Waals surface area contributed by atoms with Crippen LogP contribution in [-0.2, 0) is 25.2 Å². The van der Waals surface area contributed by atoms with Crippen molar-refractivity contribution in [1.82, 2.24) is 0 Å². The fourth-order valence-corrected chi connectivity index (χ4v) is 1.70. The van der Waals surface area contributed by atoms with Gasteiger partial charge in [-0.15, -0.1) is 0 Å². The molecule has 0 atom stereocenters. The number of para-hydroxylation sites is 1. The van der Waals surface area contributed by atoms with Gasteiger partial charge in [0.25, 0.3) is 0 Å². The Morgan fingerprint density at radius 3 is 2.21 bits per heavy atom. The van der Waals surface area contributed by atoms with E-state index in [9.17, 15) is 27.9 Å². The molecular weight excluding hydrogens is 331 g/mol. The molecule has 0 radical (unpaired) electrons. The molecule has 0 aliphatic heterocycles. The summed E-state index contributed by atoms with van der Waals surface area (Å²) in [5.74, 6) is -4.55. The third kappa shape index (κ3) is 4.97. The van der Waals surface area contributed by atoms with Crippen LogP contribution < -0.4 is 0 Å². The summed E-state index contributed by atoms with van der Waals surface area (Å²) < 4.78 is 47.6. The molecule has 0 spiro atoms. The number of phenolic OH excluding ortho intramolecular Hbond substituents is 1. The Balaban J connectivity index is 3.14. The van der Waals surface area contributed by atoms with E-state index in [1.807, 2.05) is 0 Å². The Labute approximate surface area is 135 Å². The topological polar surface area (TPSA) is 85.2 Å². The summed E-state index contributed by atoms with van der Waals surface area (Å²) in [5, 5.41) is 9.66. The number of ether oxygens (including phenoxy) is 2. The fraction of sp³-hybridized carbons (Fsp3) is 0.400. The molecule has 1 N–H and O–H groups in total. The van der Waals surface area contributed by atoms with Crippen LogP contribution in [0.15, 0.2) is 23.2 Å². The number of hydrogen-bond acceptors (Lipinski definition) is 6. The van der Waals surface area contributed by atoms with Gasteiger partial charge in [0.15, 0.2) is 11.7 Å². The number of nitrogens with zero attached hydrogens (tertiary/aromatic N) is 1. The van der Waals surface area contributed by atoms with Gasteiger partial charge in [0.05, 0.1) is 18.8 Å². The number of carbonyl (C=O) groups is 2. The van der Waals surface area contributed by atoms with E-state index in [1.54, 1.807) is 0 Å². The van der Waals surface area contributed by atoms with Crippen LogP contribution in [0.25, 0.3) is 0 Å². The number of aliphatic imine (C=N–C) groups is 1. The van der Waals surface area contributed by atoms with E-state index in [4.69, 9.17) is 9.47 Å². The molecule has 6 nitrogen and oxygen atoms in total. The summed E-state index contributed by atoms with van der Waals surface area (Å²) in [5.41, 5.74) is -1.72. The fourth-order valence-electron chi connectivity index (χ4n) is 1.70. The molecule has 0 aliphatic rings. The monoisotopic (exact) mass is 347 g/mol. The first-order valence-electron chi connectivity index (χ1n) is 6.99. The SMILES string of the molecule is CCOC(=O)C(C=Nc1cccc(C(F)(F)F)c1O)C(=O)OCC. The lowest BCUT2D eigenvalue weighted by Gasteiger charge is -2.11. The van der Waals surface area contributed by atoms with Crippen molar-refractivity contribution in [3.8, 4) is 5.75 Å². The first-order valence-corrected chi connectivity index (χ1v) is 6.99. The van der Waals surface area contributed by atoms with Crippen LogP contribution in [0, 0.1) is 5.92 Å². The van der Waals surface area contributed by atoms with Crippen LogP contribution in [0.1, 0.15) is 19.4 Å². The second-order valence-electron chi connectivity index (χ2n) is 4.43. The van der Waals surface area contributed by atoms with Gasteiger partial charge >= 0.3 is 18.1 Å². The Morgan fingerprint density at radius 2 is 1.75 bits per heavy atom. The molecule has 0 saturated carbocycles. The lowest BCUT2D eigenvalue weighted by molar-refractivity contribution is -0.157. The molecule has 132 valence electrons. The van der Waals surface area contributed by atoms with E-state index in [1.165, 1.54) is 13.8 Å². The predicted molar refractivity (Wildman–Crippen MR) is 78.0 cm³/mol. The van der Waals surface area contributed by atoms with E-state index in [2.05, 4.69) is 4.99 Å². The number of halogens is 3. The maximum atomic E-state index is 12.7. The smallest absolute Gasteiger partial charge is 0.420 e. The summed E-state index contributed by atoms with van der Waals surface area (Å²) in [6, 6.07) is 2.83. The Bertz CT molecular complexity index is 610. The van der Waals surface area contributed by atoms with Gasteiger partial charge in [-0.1, -0.05) is 6.07 Å². The molecule has 9 heteroatoms. The van der Waals surface area contributed by atoms with E-state index in [0.717, 1.165) is 18.3 Å². The molecule has 0 aromatic heterocycles. The lowest BCUT2D eigenvalue weighted by Crippen LogP contribution is -2.29. The molecule has 0 bridgehead atoms. The zero-order valence-electron chi connectivity index (χ0n) is 13.0. The van der Waals surface area contributed by atoms with Crippen LogP contribution in [0.3, 0.4) is 0 Å². The van der Waals surface area contributed by atoms with Gasteiger partial charge in [-0.3, -0.25) is 14.6 Å². The number of hydrogen-bond donors (Lipinski definition) is 1. The highest BCUT2D eigenvalue weighted by Crippen LogP contribution is 2.40. The molecule has 0 heterocycles. The van der Waals surface area contributed by atoms with E-state index in [0.29, 0.717) is 6.07 Å². The first-order chi connectivity index (χ1) is 11.2. The van der Waals surface area contributed by atoms with Gasteiger partial charge in [0, 0.05) is 6.21 Å².